The number of pyridine rings is 1. The Balaban J connectivity index is 1.90. The second-order valence-corrected chi connectivity index (χ2v) is 5.54. The molecule has 6 nitrogen and oxygen atoms in total. The molecule has 0 radical (unpaired) electrons. The van der Waals surface area contributed by atoms with E-state index in [2.05, 4.69) is 5.32 Å². The van der Waals surface area contributed by atoms with Crippen LogP contribution in [-0.2, 0) is 13.6 Å². The smallest absolute Gasteiger partial charge is 0.262 e. The largest absolute Gasteiger partial charge is 0.497 e. The number of methoxy groups -OCH3 is 1. The van der Waals surface area contributed by atoms with Crippen molar-refractivity contribution in [1.82, 2.24) is 9.88 Å². The summed E-state index contributed by atoms with van der Waals surface area (Å²) in [6.07, 6.45) is 1.62. The number of carbonyl (C=O) groups is 1. The van der Waals surface area contributed by atoms with E-state index in [4.69, 9.17) is 9.15 Å². The summed E-state index contributed by atoms with van der Waals surface area (Å²) in [5.74, 6) is 0.814. The maximum atomic E-state index is 12.6. The summed E-state index contributed by atoms with van der Waals surface area (Å²) in [7, 11) is 3.23. The second-order valence-electron chi connectivity index (χ2n) is 5.54. The molecular formula is C18H18N2O4. The molecule has 3 rings (SSSR count). The van der Waals surface area contributed by atoms with Crippen molar-refractivity contribution >= 4 is 16.9 Å². The quantitative estimate of drug-likeness (QED) is 0.799. The van der Waals surface area contributed by atoms with Crippen molar-refractivity contribution < 1.29 is 13.9 Å². The fourth-order valence-electron chi connectivity index (χ4n) is 2.65. The molecule has 0 atom stereocenters. The number of nitrogens with zero attached hydrogens (tertiary/aromatic N) is 1. The van der Waals surface area contributed by atoms with Crippen molar-refractivity contribution in [3.05, 3.63) is 63.8 Å². The third-order valence-electron chi connectivity index (χ3n) is 3.91. The van der Waals surface area contributed by atoms with Crippen LogP contribution in [0.3, 0.4) is 0 Å². The van der Waals surface area contributed by atoms with Crippen LogP contribution in [0.4, 0.5) is 0 Å². The van der Waals surface area contributed by atoms with Gasteiger partial charge in [0, 0.05) is 19.8 Å². The molecule has 0 aliphatic rings. The van der Waals surface area contributed by atoms with Crippen LogP contribution < -0.4 is 15.6 Å². The Labute approximate surface area is 138 Å². The van der Waals surface area contributed by atoms with E-state index in [1.165, 1.54) is 4.57 Å². The molecule has 0 saturated heterocycles. The minimum atomic E-state index is -0.336. The molecule has 0 aliphatic heterocycles. The fraction of sp³-hybridized carbons (Fsp3) is 0.222. The molecule has 1 amide bonds. The van der Waals surface area contributed by atoms with Crippen molar-refractivity contribution in [2.45, 2.75) is 13.5 Å². The van der Waals surface area contributed by atoms with Crippen LogP contribution in [0.2, 0.25) is 0 Å². The van der Waals surface area contributed by atoms with Crippen molar-refractivity contribution in [3.63, 3.8) is 0 Å². The number of hydrogen-bond donors (Lipinski definition) is 1. The SMILES string of the molecule is COc1cccc(CNC(=O)c2c(C)oc3ccn(C)c(=O)c23)c1. The highest BCUT2D eigenvalue weighted by Crippen LogP contribution is 2.22. The Morgan fingerprint density at radius 1 is 1.33 bits per heavy atom. The van der Waals surface area contributed by atoms with Gasteiger partial charge in [0.1, 0.15) is 17.1 Å². The van der Waals surface area contributed by atoms with Gasteiger partial charge >= 0.3 is 0 Å². The van der Waals surface area contributed by atoms with Gasteiger partial charge in [0.2, 0.25) is 0 Å². The number of furan rings is 1. The van der Waals surface area contributed by atoms with E-state index < -0.39 is 0 Å². The van der Waals surface area contributed by atoms with E-state index in [0.29, 0.717) is 23.3 Å². The highest BCUT2D eigenvalue weighted by molar-refractivity contribution is 6.06. The summed E-state index contributed by atoms with van der Waals surface area (Å²) in [4.78, 5) is 24.9. The Bertz CT molecular complexity index is 969. The van der Waals surface area contributed by atoms with Crippen LogP contribution in [0.5, 0.6) is 5.75 Å². The van der Waals surface area contributed by atoms with Gasteiger partial charge in [-0.3, -0.25) is 9.59 Å². The molecule has 1 N–H and O–H groups in total. The van der Waals surface area contributed by atoms with Crippen LogP contribution in [-0.4, -0.2) is 17.6 Å². The zero-order valence-electron chi connectivity index (χ0n) is 13.8. The summed E-state index contributed by atoms with van der Waals surface area (Å²) >= 11 is 0. The Hall–Kier alpha value is -3.02. The average Bonchev–Trinajstić information content (AvgIpc) is 2.93. The number of rotatable bonds is 4. The highest BCUT2D eigenvalue weighted by Gasteiger charge is 2.21. The zero-order valence-corrected chi connectivity index (χ0v) is 13.8. The third kappa shape index (κ3) is 2.78. The average molecular weight is 326 g/mol. The van der Waals surface area contributed by atoms with Crippen molar-refractivity contribution in [2.75, 3.05) is 7.11 Å². The topological polar surface area (TPSA) is 73.5 Å². The molecule has 6 heteroatoms. The molecule has 0 spiro atoms. The van der Waals surface area contributed by atoms with Crippen LogP contribution in [0.25, 0.3) is 11.0 Å². The van der Waals surface area contributed by atoms with Crippen LogP contribution in [0.15, 0.2) is 45.7 Å². The highest BCUT2D eigenvalue weighted by atomic mass is 16.5. The maximum Gasteiger partial charge on any atom is 0.262 e. The van der Waals surface area contributed by atoms with Gasteiger partial charge in [0.25, 0.3) is 11.5 Å². The van der Waals surface area contributed by atoms with E-state index in [0.717, 1.165) is 11.3 Å². The first-order valence-electron chi connectivity index (χ1n) is 7.51. The molecule has 24 heavy (non-hydrogen) atoms. The standard InChI is InChI=1S/C18H18N2O4/c1-11-15(16-14(24-11)7-8-20(2)18(16)22)17(21)19-10-12-5-4-6-13(9-12)23-3/h4-9H,10H2,1-3H3,(H,19,21). The molecule has 0 fully saturated rings. The van der Waals surface area contributed by atoms with Gasteiger partial charge in [-0.1, -0.05) is 12.1 Å². The number of aromatic nitrogens is 1. The summed E-state index contributed by atoms with van der Waals surface area (Å²) in [6, 6.07) is 9.11. The van der Waals surface area contributed by atoms with E-state index >= 15 is 0 Å². The first-order valence-corrected chi connectivity index (χ1v) is 7.51. The zero-order chi connectivity index (χ0) is 17.3. The number of benzene rings is 1. The lowest BCUT2D eigenvalue weighted by Crippen LogP contribution is -2.25. The molecule has 0 saturated carbocycles. The van der Waals surface area contributed by atoms with Gasteiger partial charge in [0.05, 0.1) is 18.1 Å². The minimum absolute atomic E-state index is 0.254. The van der Waals surface area contributed by atoms with E-state index in [1.807, 2.05) is 24.3 Å². The Kier molecular flexibility index (Phi) is 4.12. The maximum absolute atomic E-state index is 12.6. The number of hydrogen-bond acceptors (Lipinski definition) is 4. The van der Waals surface area contributed by atoms with Gasteiger partial charge in [-0.05, 0) is 30.7 Å². The molecule has 1 aromatic carbocycles. The van der Waals surface area contributed by atoms with E-state index in [-0.39, 0.29) is 17.0 Å². The molecule has 0 aliphatic carbocycles. The molecule has 0 unspecified atom stereocenters. The third-order valence-corrected chi connectivity index (χ3v) is 3.91. The lowest BCUT2D eigenvalue weighted by atomic mass is 10.1. The van der Waals surface area contributed by atoms with Gasteiger partial charge < -0.3 is 19.0 Å². The van der Waals surface area contributed by atoms with Gasteiger partial charge in [-0.15, -0.1) is 0 Å². The van der Waals surface area contributed by atoms with E-state index in [9.17, 15) is 9.59 Å². The number of fused-ring (bicyclic) bond motifs is 1. The number of ether oxygens (including phenoxy) is 1. The normalized spacial score (nSPS) is 10.8. The summed E-state index contributed by atoms with van der Waals surface area (Å²) in [5, 5.41) is 3.14. The van der Waals surface area contributed by atoms with Crippen molar-refractivity contribution in [2.24, 2.45) is 7.05 Å². The van der Waals surface area contributed by atoms with Crippen molar-refractivity contribution in [1.29, 1.82) is 0 Å². The second kappa shape index (κ2) is 6.23. The molecule has 2 heterocycles. The lowest BCUT2D eigenvalue weighted by Gasteiger charge is -2.07. The minimum Gasteiger partial charge on any atom is -0.497 e. The van der Waals surface area contributed by atoms with Crippen LogP contribution >= 0.6 is 0 Å². The molecule has 0 bridgehead atoms. The van der Waals surface area contributed by atoms with Gasteiger partial charge in [-0.25, -0.2) is 0 Å². The summed E-state index contributed by atoms with van der Waals surface area (Å²) in [6.45, 7) is 2.01. The first kappa shape index (κ1) is 15.9. The number of carbonyl (C=O) groups excluding carboxylic acids is 1. The van der Waals surface area contributed by atoms with Crippen LogP contribution in [0.1, 0.15) is 21.7 Å². The van der Waals surface area contributed by atoms with Gasteiger partial charge in [0.15, 0.2) is 0 Å². The Morgan fingerprint density at radius 2 is 2.12 bits per heavy atom. The number of aryl methyl sites for hydroxylation is 2. The van der Waals surface area contributed by atoms with Gasteiger partial charge in [-0.2, -0.15) is 0 Å². The van der Waals surface area contributed by atoms with Crippen LogP contribution in [0, 0.1) is 6.92 Å². The molecule has 124 valence electrons. The molecular weight excluding hydrogens is 308 g/mol. The fourth-order valence-corrected chi connectivity index (χ4v) is 2.65. The summed E-state index contributed by atoms with van der Waals surface area (Å²) in [5.41, 5.74) is 1.35. The molecule has 3 aromatic rings. The predicted molar refractivity (Wildman–Crippen MR) is 90.4 cm³/mol. The summed E-state index contributed by atoms with van der Waals surface area (Å²) < 4.78 is 12.1. The number of nitrogens with one attached hydrogen (secondary N) is 1. The monoisotopic (exact) mass is 326 g/mol. The predicted octanol–water partition coefficient (Wildman–Crippen LogP) is 2.38. The number of amides is 1. The van der Waals surface area contributed by atoms with Crippen molar-refractivity contribution in [3.8, 4) is 5.75 Å². The Morgan fingerprint density at radius 3 is 2.88 bits per heavy atom. The molecule has 2 aromatic heterocycles. The lowest BCUT2D eigenvalue weighted by molar-refractivity contribution is 0.0950. The first-order chi connectivity index (χ1) is 11.5. The van der Waals surface area contributed by atoms with E-state index in [1.54, 1.807) is 33.3 Å².